The van der Waals surface area contributed by atoms with Gasteiger partial charge in [0.05, 0.1) is 24.7 Å². The van der Waals surface area contributed by atoms with Gasteiger partial charge in [-0.15, -0.1) is 0 Å². The highest BCUT2D eigenvalue weighted by atomic mass is 32.2. The van der Waals surface area contributed by atoms with Crippen molar-refractivity contribution in [3.8, 4) is 5.75 Å². The summed E-state index contributed by atoms with van der Waals surface area (Å²) in [5.74, 6) is 0.247. The van der Waals surface area contributed by atoms with Crippen LogP contribution in [0.4, 0.5) is 10.1 Å². The largest absolute Gasteiger partial charge is 0.492 e. The molecule has 10 heteroatoms. The SMILES string of the molecule is O=S(=O)(c1ccc(OCCNC(=S)Nc2ccc(F)cc2)cc1)N1CCOCC1. The monoisotopic (exact) mass is 439 g/mol. The number of sulfonamides is 1. The minimum absolute atomic E-state index is 0.231. The van der Waals surface area contributed by atoms with Crippen molar-refractivity contribution in [2.24, 2.45) is 0 Å². The molecule has 0 atom stereocenters. The molecule has 1 aliphatic rings. The van der Waals surface area contributed by atoms with Gasteiger partial charge in [0, 0.05) is 18.8 Å². The first-order valence-corrected chi connectivity index (χ1v) is 10.9. The Bertz CT molecular complexity index is 915. The Morgan fingerprint density at radius 2 is 1.76 bits per heavy atom. The molecular formula is C19H22FN3O4S2. The van der Waals surface area contributed by atoms with Crippen LogP contribution in [0.3, 0.4) is 0 Å². The summed E-state index contributed by atoms with van der Waals surface area (Å²) < 4.78 is 50.3. The lowest BCUT2D eigenvalue weighted by Gasteiger charge is -2.26. The summed E-state index contributed by atoms with van der Waals surface area (Å²) in [5.41, 5.74) is 0.682. The molecule has 0 spiro atoms. The summed E-state index contributed by atoms with van der Waals surface area (Å²) in [6.45, 7) is 2.31. The fraction of sp³-hybridized carbons (Fsp3) is 0.316. The molecule has 156 valence electrons. The maximum Gasteiger partial charge on any atom is 0.243 e. The van der Waals surface area contributed by atoms with Crippen LogP contribution in [0.25, 0.3) is 0 Å². The highest BCUT2D eigenvalue weighted by molar-refractivity contribution is 7.89. The van der Waals surface area contributed by atoms with Gasteiger partial charge in [-0.3, -0.25) is 0 Å². The molecular weight excluding hydrogens is 417 g/mol. The lowest BCUT2D eigenvalue weighted by molar-refractivity contribution is 0.0730. The number of ether oxygens (including phenoxy) is 2. The summed E-state index contributed by atoms with van der Waals surface area (Å²) in [6, 6.07) is 12.2. The number of hydrogen-bond donors (Lipinski definition) is 2. The molecule has 1 heterocycles. The molecule has 0 bridgehead atoms. The first kappa shape index (κ1) is 21.4. The minimum Gasteiger partial charge on any atom is -0.492 e. The molecule has 2 aromatic rings. The van der Waals surface area contributed by atoms with E-state index in [0.29, 0.717) is 56.0 Å². The maximum atomic E-state index is 12.9. The van der Waals surface area contributed by atoms with Crippen LogP contribution < -0.4 is 15.4 Å². The van der Waals surface area contributed by atoms with E-state index in [4.69, 9.17) is 21.7 Å². The molecule has 0 aliphatic carbocycles. The molecule has 0 radical (unpaired) electrons. The zero-order valence-electron chi connectivity index (χ0n) is 15.6. The first-order chi connectivity index (χ1) is 13.9. The summed E-state index contributed by atoms with van der Waals surface area (Å²) in [5, 5.41) is 6.32. The van der Waals surface area contributed by atoms with Crippen molar-refractivity contribution in [2.75, 3.05) is 44.8 Å². The van der Waals surface area contributed by atoms with Crippen LogP contribution in [-0.2, 0) is 14.8 Å². The molecule has 0 saturated carbocycles. The highest BCUT2D eigenvalue weighted by Crippen LogP contribution is 2.20. The van der Waals surface area contributed by atoms with Gasteiger partial charge in [0.1, 0.15) is 18.2 Å². The molecule has 29 heavy (non-hydrogen) atoms. The van der Waals surface area contributed by atoms with E-state index >= 15 is 0 Å². The van der Waals surface area contributed by atoms with E-state index in [-0.39, 0.29) is 10.7 Å². The van der Waals surface area contributed by atoms with E-state index in [1.54, 1.807) is 24.3 Å². The minimum atomic E-state index is -3.51. The third-order valence-corrected chi connectivity index (χ3v) is 6.35. The van der Waals surface area contributed by atoms with Gasteiger partial charge >= 0.3 is 0 Å². The number of nitrogens with zero attached hydrogens (tertiary/aromatic N) is 1. The number of benzene rings is 2. The average Bonchev–Trinajstić information content (AvgIpc) is 2.74. The van der Waals surface area contributed by atoms with Crippen LogP contribution in [0.2, 0.25) is 0 Å². The van der Waals surface area contributed by atoms with Gasteiger partial charge in [-0.1, -0.05) is 0 Å². The molecule has 0 aromatic heterocycles. The van der Waals surface area contributed by atoms with Crippen molar-refractivity contribution >= 4 is 33.0 Å². The Morgan fingerprint density at radius 1 is 1.10 bits per heavy atom. The fourth-order valence-corrected chi connectivity index (χ4v) is 4.31. The van der Waals surface area contributed by atoms with Crippen LogP contribution in [0.1, 0.15) is 0 Å². The van der Waals surface area contributed by atoms with Crippen LogP contribution in [0.15, 0.2) is 53.4 Å². The number of anilines is 1. The van der Waals surface area contributed by atoms with E-state index in [1.165, 1.54) is 28.6 Å². The third-order valence-electron chi connectivity index (χ3n) is 4.19. The molecule has 1 aliphatic heterocycles. The normalized spacial score (nSPS) is 14.9. The molecule has 7 nitrogen and oxygen atoms in total. The third kappa shape index (κ3) is 6.10. The molecule has 1 saturated heterocycles. The molecule has 0 unspecified atom stereocenters. The predicted molar refractivity (Wildman–Crippen MR) is 112 cm³/mol. The highest BCUT2D eigenvalue weighted by Gasteiger charge is 2.26. The summed E-state index contributed by atoms with van der Waals surface area (Å²) in [7, 11) is -3.51. The van der Waals surface area contributed by atoms with Crippen LogP contribution in [-0.4, -0.2) is 57.3 Å². The number of thiocarbonyl (C=S) groups is 1. The Labute approximate surface area is 174 Å². The molecule has 2 N–H and O–H groups in total. The zero-order chi connectivity index (χ0) is 20.7. The molecule has 0 amide bonds. The fourth-order valence-electron chi connectivity index (χ4n) is 2.69. The second kappa shape index (κ2) is 9.97. The maximum absolute atomic E-state index is 12.9. The van der Waals surface area contributed by atoms with Crippen LogP contribution in [0, 0.1) is 5.82 Å². The van der Waals surface area contributed by atoms with Gasteiger partial charge in [0.25, 0.3) is 0 Å². The van der Waals surface area contributed by atoms with Crippen molar-refractivity contribution in [3.63, 3.8) is 0 Å². The summed E-state index contributed by atoms with van der Waals surface area (Å²) in [4.78, 5) is 0.231. The van der Waals surface area contributed by atoms with E-state index < -0.39 is 10.0 Å². The lowest BCUT2D eigenvalue weighted by atomic mass is 10.3. The topological polar surface area (TPSA) is 79.9 Å². The average molecular weight is 440 g/mol. The van der Waals surface area contributed by atoms with Crippen molar-refractivity contribution in [2.45, 2.75) is 4.90 Å². The second-order valence-electron chi connectivity index (χ2n) is 6.22. The molecule has 3 rings (SSSR count). The van der Waals surface area contributed by atoms with Gasteiger partial charge in [0.2, 0.25) is 10.0 Å². The number of nitrogens with one attached hydrogen (secondary N) is 2. The summed E-state index contributed by atoms with van der Waals surface area (Å²) in [6.07, 6.45) is 0. The number of rotatable bonds is 7. The van der Waals surface area contributed by atoms with E-state index in [2.05, 4.69) is 10.6 Å². The number of halogens is 1. The first-order valence-electron chi connectivity index (χ1n) is 9.06. The quantitative estimate of drug-likeness (QED) is 0.506. The Balaban J connectivity index is 1.43. The van der Waals surface area contributed by atoms with Gasteiger partial charge in [-0.25, -0.2) is 12.8 Å². The standard InChI is InChI=1S/C19H22FN3O4S2/c20-15-1-3-16(4-2-15)22-19(28)21-9-12-27-17-5-7-18(8-6-17)29(24,25)23-10-13-26-14-11-23/h1-8H,9-14H2,(H2,21,22,28). The molecule has 2 aromatic carbocycles. The van der Waals surface area contributed by atoms with Crippen LogP contribution >= 0.6 is 12.2 Å². The number of hydrogen-bond acceptors (Lipinski definition) is 5. The van der Waals surface area contributed by atoms with E-state index in [1.807, 2.05) is 0 Å². The van der Waals surface area contributed by atoms with Crippen molar-refractivity contribution in [1.82, 2.24) is 9.62 Å². The van der Waals surface area contributed by atoms with Gasteiger partial charge in [-0.05, 0) is 60.7 Å². The smallest absolute Gasteiger partial charge is 0.243 e. The lowest BCUT2D eigenvalue weighted by Crippen LogP contribution is -2.40. The van der Waals surface area contributed by atoms with Gasteiger partial charge in [-0.2, -0.15) is 4.31 Å². The number of morpholine rings is 1. The zero-order valence-corrected chi connectivity index (χ0v) is 17.3. The second-order valence-corrected chi connectivity index (χ2v) is 8.57. The van der Waals surface area contributed by atoms with Gasteiger partial charge in [0.15, 0.2) is 5.11 Å². The Kier molecular flexibility index (Phi) is 7.37. The van der Waals surface area contributed by atoms with E-state index in [9.17, 15) is 12.8 Å². The molecule has 1 fully saturated rings. The van der Waals surface area contributed by atoms with Crippen molar-refractivity contribution in [1.29, 1.82) is 0 Å². The van der Waals surface area contributed by atoms with Crippen molar-refractivity contribution in [3.05, 3.63) is 54.3 Å². The Hall–Kier alpha value is -2.27. The summed E-state index contributed by atoms with van der Waals surface area (Å²) >= 11 is 5.17. The Morgan fingerprint density at radius 3 is 2.41 bits per heavy atom. The van der Waals surface area contributed by atoms with Crippen LogP contribution in [0.5, 0.6) is 5.75 Å². The van der Waals surface area contributed by atoms with Gasteiger partial charge < -0.3 is 20.1 Å². The van der Waals surface area contributed by atoms with Crippen molar-refractivity contribution < 1.29 is 22.3 Å². The predicted octanol–water partition coefficient (Wildman–Crippen LogP) is 2.21. The van der Waals surface area contributed by atoms with E-state index in [0.717, 1.165) is 0 Å².